The number of nitrogens with zero attached hydrogens (tertiary/aromatic N) is 1. The fourth-order valence-electron chi connectivity index (χ4n) is 0.898. The second-order valence-corrected chi connectivity index (χ2v) is 3.16. The van der Waals surface area contributed by atoms with Gasteiger partial charge in [0.05, 0.1) is 6.21 Å². The molecule has 0 saturated carbocycles. The van der Waals surface area contributed by atoms with Gasteiger partial charge in [0.15, 0.2) is 17.2 Å². The molecule has 0 spiro atoms. The van der Waals surface area contributed by atoms with Gasteiger partial charge in [-0.3, -0.25) is 10.9 Å². The van der Waals surface area contributed by atoms with Crippen molar-refractivity contribution >= 4 is 23.5 Å². The highest BCUT2D eigenvalue weighted by Crippen LogP contribution is 2.34. The van der Waals surface area contributed by atoms with Gasteiger partial charge in [0, 0.05) is 5.56 Å². The molecule has 0 fully saturated rings. The number of rotatable bonds is 2. The van der Waals surface area contributed by atoms with Gasteiger partial charge in [0.1, 0.15) is 0 Å². The smallest absolute Gasteiger partial charge is 0.201 e. The fourth-order valence-corrected chi connectivity index (χ4v) is 0.950. The van der Waals surface area contributed by atoms with Crippen LogP contribution in [0, 0.1) is 0 Å². The standard InChI is InChI=1S/C8H10N4O3S/c9-11-8(16)12-10-3-4-1-5(13)7(15)6(14)2-4/h1-3,13-15H,9H2,(H2,11,12,16). The van der Waals surface area contributed by atoms with Crippen LogP contribution in [0.4, 0.5) is 0 Å². The van der Waals surface area contributed by atoms with Crippen molar-refractivity contribution in [3.63, 3.8) is 0 Å². The van der Waals surface area contributed by atoms with Crippen molar-refractivity contribution < 1.29 is 15.3 Å². The van der Waals surface area contributed by atoms with E-state index in [0.29, 0.717) is 5.56 Å². The highest BCUT2D eigenvalue weighted by molar-refractivity contribution is 7.80. The van der Waals surface area contributed by atoms with Crippen LogP contribution in [0.3, 0.4) is 0 Å². The number of phenols is 3. The molecule has 1 aromatic rings. The second kappa shape index (κ2) is 5.14. The van der Waals surface area contributed by atoms with E-state index in [9.17, 15) is 10.2 Å². The summed E-state index contributed by atoms with van der Waals surface area (Å²) in [5.74, 6) is 3.51. The number of phenolic OH excluding ortho intramolecular Hbond substituents is 3. The third-order valence-electron chi connectivity index (χ3n) is 1.60. The van der Waals surface area contributed by atoms with Crippen LogP contribution in [0.15, 0.2) is 17.2 Å². The minimum Gasteiger partial charge on any atom is -0.504 e. The summed E-state index contributed by atoms with van der Waals surface area (Å²) >= 11 is 4.64. The van der Waals surface area contributed by atoms with E-state index >= 15 is 0 Å². The maximum Gasteiger partial charge on any atom is 0.201 e. The monoisotopic (exact) mass is 242 g/mol. The van der Waals surface area contributed by atoms with Crippen molar-refractivity contribution in [1.29, 1.82) is 0 Å². The number of hydrazone groups is 1. The molecule has 0 aliphatic rings. The quantitative estimate of drug-likeness (QED) is 0.135. The van der Waals surface area contributed by atoms with E-state index in [2.05, 4.69) is 28.2 Å². The number of hydrazine groups is 1. The van der Waals surface area contributed by atoms with Crippen molar-refractivity contribution in [3.8, 4) is 17.2 Å². The lowest BCUT2D eigenvalue weighted by Gasteiger charge is -2.02. The highest BCUT2D eigenvalue weighted by atomic mass is 32.1. The zero-order valence-corrected chi connectivity index (χ0v) is 8.82. The molecule has 86 valence electrons. The Kier molecular flexibility index (Phi) is 3.86. The van der Waals surface area contributed by atoms with E-state index in [-0.39, 0.29) is 5.11 Å². The van der Waals surface area contributed by atoms with Crippen LogP contribution in [-0.4, -0.2) is 26.6 Å². The van der Waals surface area contributed by atoms with Crippen molar-refractivity contribution in [1.82, 2.24) is 10.9 Å². The van der Waals surface area contributed by atoms with Gasteiger partial charge >= 0.3 is 0 Å². The number of hydrogen-bond donors (Lipinski definition) is 6. The molecule has 0 unspecified atom stereocenters. The van der Waals surface area contributed by atoms with E-state index in [1.165, 1.54) is 18.3 Å². The molecular formula is C8H10N4O3S. The average Bonchev–Trinajstić information content (AvgIpc) is 2.25. The summed E-state index contributed by atoms with van der Waals surface area (Å²) < 4.78 is 0. The molecule has 7 N–H and O–H groups in total. The van der Waals surface area contributed by atoms with Gasteiger partial charge in [0.2, 0.25) is 5.11 Å². The second-order valence-electron chi connectivity index (χ2n) is 2.75. The summed E-state index contributed by atoms with van der Waals surface area (Å²) in [6.07, 6.45) is 1.28. The molecule has 0 amide bonds. The summed E-state index contributed by atoms with van der Waals surface area (Å²) in [5, 5.41) is 31.2. The van der Waals surface area contributed by atoms with E-state index in [4.69, 9.17) is 10.9 Å². The lowest BCUT2D eigenvalue weighted by atomic mass is 10.2. The number of thiocarbonyl (C=S) groups is 1. The van der Waals surface area contributed by atoms with Crippen LogP contribution in [0.1, 0.15) is 5.56 Å². The van der Waals surface area contributed by atoms with Gasteiger partial charge in [-0.05, 0) is 24.4 Å². The zero-order chi connectivity index (χ0) is 12.1. The first-order valence-electron chi connectivity index (χ1n) is 4.09. The molecule has 7 nitrogen and oxygen atoms in total. The Morgan fingerprint density at radius 1 is 1.31 bits per heavy atom. The summed E-state index contributed by atoms with van der Waals surface area (Å²) in [4.78, 5) is 0. The van der Waals surface area contributed by atoms with Gasteiger partial charge in [0.25, 0.3) is 0 Å². The van der Waals surface area contributed by atoms with Gasteiger partial charge in [-0.15, -0.1) is 0 Å². The summed E-state index contributed by atoms with van der Waals surface area (Å²) in [5.41, 5.74) is 4.90. The first-order chi connectivity index (χ1) is 7.54. The molecule has 16 heavy (non-hydrogen) atoms. The van der Waals surface area contributed by atoms with Crippen molar-refractivity contribution in [2.24, 2.45) is 10.9 Å². The van der Waals surface area contributed by atoms with E-state index in [1.807, 2.05) is 0 Å². The fraction of sp³-hybridized carbons (Fsp3) is 0. The molecule has 1 aromatic carbocycles. The molecule has 0 radical (unpaired) electrons. The molecule has 0 aliphatic heterocycles. The van der Waals surface area contributed by atoms with Gasteiger partial charge in [-0.2, -0.15) is 5.10 Å². The Balaban J connectivity index is 2.78. The number of hydrogen-bond acceptors (Lipinski definition) is 6. The van der Waals surface area contributed by atoms with Crippen LogP contribution in [0.5, 0.6) is 17.2 Å². The van der Waals surface area contributed by atoms with Crippen molar-refractivity contribution in [2.45, 2.75) is 0 Å². The third-order valence-corrected chi connectivity index (χ3v) is 1.81. The molecule has 0 heterocycles. The van der Waals surface area contributed by atoms with Crippen molar-refractivity contribution in [3.05, 3.63) is 17.7 Å². The normalized spacial score (nSPS) is 10.3. The molecular weight excluding hydrogens is 232 g/mol. The number of nitrogens with two attached hydrogens (primary N) is 1. The first-order valence-corrected chi connectivity index (χ1v) is 4.50. The molecule has 0 aliphatic carbocycles. The Labute approximate surface area is 96.2 Å². The maximum atomic E-state index is 9.19. The van der Waals surface area contributed by atoms with E-state index in [1.54, 1.807) is 0 Å². The van der Waals surface area contributed by atoms with Gasteiger partial charge in [-0.1, -0.05) is 0 Å². The number of aromatic hydroxyl groups is 3. The Hall–Kier alpha value is -2.06. The first kappa shape index (κ1) is 12.0. The largest absolute Gasteiger partial charge is 0.504 e. The summed E-state index contributed by atoms with van der Waals surface area (Å²) in [7, 11) is 0. The van der Waals surface area contributed by atoms with Crippen molar-refractivity contribution in [2.75, 3.05) is 0 Å². The minimum atomic E-state index is -0.579. The Morgan fingerprint density at radius 3 is 2.38 bits per heavy atom. The summed E-state index contributed by atoms with van der Waals surface area (Å²) in [6.45, 7) is 0. The van der Waals surface area contributed by atoms with Crippen LogP contribution in [0.25, 0.3) is 0 Å². The zero-order valence-electron chi connectivity index (χ0n) is 8.01. The van der Waals surface area contributed by atoms with Crippen LogP contribution in [0.2, 0.25) is 0 Å². The molecule has 8 heteroatoms. The minimum absolute atomic E-state index is 0.114. The van der Waals surface area contributed by atoms with Crippen LogP contribution >= 0.6 is 12.2 Å². The lowest BCUT2D eigenvalue weighted by Crippen LogP contribution is -2.37. The topological polar surface area (TPSA) is 123 Å². The van der Waals surface area contributed by atoms with Crippen LogP contribution < -0.4 is 16.7 Å². The SMILES string of the molecule is NNC(=S)NN=Cc1cc(O)c(O)c(O)c1. The molecule has 0 atom stereocenters. The summed E-state index contributed by atoms with van der Waals surface area (Å²) in [6, 6.07) is 2.44. The average molecular weight is 242 g/mol. The Bertz CT molecular complexity index is 412. The van der Waals surface area contributed by atoms with Gasteiger partial charge < -0.3 is 15.3 Å². The molecule has 0 saturated heterocycles. The van der Waals surface area contributed by atoms with E-state index < -0.39 is 17.2 Å². The molecule has 1 rings (SSSR count). The lowest BCUT2D eigenvalue weighted by molar-refractivity contribution is 0.368. The predicted octanol–water partition coefficient (Wildman–Crippen LogP) is -0.525. The maximum absolute atomic E-state index is 9.19. The number of benzene rings is 1. The molecule has 0 bridgehead atoms. The Morgan fingerprint density at radius 2 is 1.88 bits per heavy atom. The van der Waals surface area contributed by atoms with Crippen LogP contribution in [-0.2, 0) is 0 Å². The number of nitrogens with one attached hydrogen (secondary N) is 2. The van der Waals surface area contributed by atoms with Gasteiger partial charge in [-0.25, -0.2) is 5.84 Å². The molecule has 0 aromatic heterocycles. The highest BCUT2D eigenvalue weighted by Gasteiger charge is 2.06. The predicted molar refractivity (Wildman–Crippen MR) is 62.1 cm³/mol. The van der Waals surface area contributed by atoms with E-state index in [0.717, 1.165) is 0 Å². The third kappa shape index (κ3) is 2.97.